The van der Waals surface area contributed by atoms with Crippen LogP contribution in [0.3, 0.4) is 0 Å². The molecule has 246 valence electrons. The Balaban J connectivity index is 1.37. The summed E-state index contributed by atoms with van der Waals surface area (Å²) in [5, 5.41) is 12.7. The van der Waals surface area contributed by atoms with Gasteiger partial charge in [0.15, 0.2) is 23.1 Å². The summed E-state index contributed by atoms with van der Waals surface area (Å²) in [6.45, 7) is 0.203. The zero-order chi connectivity index (χ0) is 34.0. The summed E-state index contributed by atoms with van der Waals surface area (Å²) in [6, 6.07) is 25.6. The first-order valence-electron chi connectivity index (χ1n) is 16.3. The van der Waals surface area contributed by atoms with Gasteiger partial charge >= 0.3 is 0 Å². The van der Waals surface area contributed by atoms with Crippen molar-refractivity contribution >= 4 is 51.9 Å². The molecular formula is C40H32ClNO6S. The number of nitrogens with zero attached hydrogens (tertiary/aromatic N) is 1. The molecule has 0 radical (unpaired) electrons. The molecule has 3 aliphatic carbocycles. The van der Waals surface area contributed by atoms with E-state index in [1.807, 2.05) is 84.3 Å². The standard InChI is InChI=1S/C40H32ClNO6S/c1-48-32-18-23(17-31(41)37(32)45)35-26-14-15-27-34(39(47)42(38(27)46)21-25-13-8-16-49-25)29(26)19-30-36(44)28(22-9-4-2-5-10-22)20-33(43)40(30,35)24-11-6-3-7-12-24/h2-14,16-18,20,27,29-30,34-35,45H,15,19,21H2,1H3. The van der Waals surface area contributed by atoms with Crippen LogP contribution in [-0.2, 0) is 31.1 Å². The Bertz CT molecular complexity index is 2070. The molecule has 6 unspecified atom stereocenters. The summed E-state index contributed by atoms with van der Waals surface area (Å²) in [5.74, 6) is -4.37. The number of allylic oxidation sites excluding steroid dienone is 4. The molecule has 1 aromatic heterocycles. The van der Waals surface area contributed by atoms with Crippen molar-refractivity contribution in [2.45, 2.75) is 30.7 Å². The van der Waals surface area contributed by atoms with Gasteiger partial charge in [-0.25, -0.2) is 0 Å². The number of thiophene rings is 1. The zero-order valence-electron chi connectivity index (χ0n) is 26.5. The number of Topliss-reactive ketones (excluding diaryl/α,β-unsaturated/α-hetero) is 1. The number of methoxy groups -OCH3 is 1. The molecule has 2 heterocycles. The summed E-state index contributed by atoms with van der Waals surface area (Å²) in [7, 11) is 1.42. The maximum absolute atomic E-state index is 15.1. The Labute approximate surface area is 292 Å². The number of benzene rings is 3. The van der Waals surface area contributed by atoms with E-state index in [1.54, 1.807) is 12.1 Å². The van der Waals surface area contributed by atoms with Crippen molar-refractivity contribution in [2.24, 2.45) is 23.7 Å². The molecular weight excluding hydrogens is 658 g/mol. The highest BCUT2D eigenvalue weighted by atomic mass is 35.5. The number of fused-ring (bicyclic) bond motifs is 4. The first kappa shape index (κ1) is 31.5. The van der Waals surface area contributed by atoms with E-state index in [-0.39, 0.29) is 52.9 Å². The molecule has 4 aromatic rings. The molecule has 4 aliphatic rings. The zero-order valence-corrected chi connectivity index (χ0v) is 28.1. The average Bonchev–Trinajstić information content (AvgIpc) is 3.73. The van der Waals surface area contributed by atoms with Gasteiger partial charge in [0.25, 0.3) is 0 Å². The van der Waals surface area contributed by atoms with Gasteiger partial charge in [-0.2, -0.15) is 0 Å². The molecule has 1 saturated heterocycles. The average molecular weight is 690 g/mol. The Morgan fingerprint density at radius 2 is 1.67 bits per heavy atom. The third-order valence-electron chi connectivity index (χ3n) is 11.0. The maximum atomic E-state index is 15.1. The number of likely N-dealkylation sites (tertiary alicyclic amines) is 1. The number of ketones is 2. The van der Waals surface area contributed by atoms with Crippen molar-refractivity contribution in [1.29, 1.82) is 0 Å². The van der Waals surface area contributed by atoms with Gasteiger partial charge in [-0.3, -0.25) is 24.1 Å². The van der Waals surface area contributed by atoms with Gasteiger partial charge in [0.05, 0.1) is 35.9 Å². The minimum Gasteiger partial charge on any atom is -0.503 e. The molecule has 1 N–H and O–H groups in total. The second-order valence-electron chi connectivity index (χ2n) is 13.2. The first-order chi connectivity index (χ1) is 23.7. The fourth-order valence-electron chi connectivity index (χ4n) is 8.94. The second kappa shape index (κ2) is 12.0. The molecule has 9 heteroatoms. The summed E-state index contributed by atoms with van der Waals surface area (Å²) in [5.41, 5.74) is 1.64. The molecule has 7 nitrogen and oxygen atoms in total. The highest BCUT2D eigenvalue weighted by Gasteiger charge is 2.66. The van der Waals surface area contributed by atoms with Crippen LogP contribution < -0.4 is 4.74 Å². The number of aromatic hydroxyl groups is 1. The Kier molecular flexibility index (Phi) is 7.69. The van der Waals surface area contributed by atoms with Crippen molar-refractivity contribution in [1.82, 2.24) is 4.90 Å². The van der Waals surface area contributed by atoms with Crippen molar-refractivity contribution < 1.29 is 29.0 Å². The largest absolute Gasteiger partial charge is 0.503 e. The topological polar surface area (TPSA) is 101 Å². The molecule has 0 bridgehead atoms. The van der Waals surface area contributed by atoms with E-state index in [9.17, 15) is 14.7 Å². The molecule has 49 heavy (non-hydrogen) atoms. The van der Waals surface area contributed by atoms with Gasteiger partial charge in [-0.05, 0) is 65.1 Å². The Hall–Kier alpha value is -4.79. The number of carbonyl (C=O) groups is 4. The van der Waals surface area contributed by atoms with Gasteiger partial charge in [-0.1, -0.05) is 90.0 Å². The van der Waals surface area contributed by atoms with Gasteiger partial charge in [0, 0.05) is 22.3 Å². The van der Waals surface area contributed by atoms with Crippen LogP contribution >= 0.6 is 22.9 Å². The Morgan fingerprint density at radius 3 is 2.37 bits per heavy atom. The SMILES string of the molecule is COc1cc(C2C3=CCC4C(=O)N(Cc5cccs5)C(=O)C4C3CC3C(=O)C(c4ccccc4)=CC(=O)C32c2ccccc2)cc(Cl)c1O. The first-order valence-corrected chi connectivity index (χ1v) is 17.6. The van der Waals surface area contributed by atoms with E-state index in [4.69, 9.17) is 16.3 Å². The fourth-order valence-corrected chi connectivity index (χ4v) is 9.86. The van der Waals surface area contributed by atoms with Crippen LogP contribution in [0.4, 0.5) is 0 Å². The quantitative estimate of drug-likeness (QED) is 0.171. The van der Waals surface area contributed by atoms with E-state index < -0.39 is 35.0 Å². The highest BCUT2D eigenvalue weighted by molar-refractivity contribution is 7.09. The number of ether oxygens (including phenoxy) is 1. The second-order valence-corrected chi connectivity index (χ2v) is 14.6. The lowest BCUT2D eigenvalue weighted by Crippen LogP contribution is -2.58. The molecule has 2 fully saturated rings. The normalized spacial score (nSPS) is 27.6. The third-order valence-corrected chi connectivity index (χ3v) is 12.1. The number of imide groups is 1. The van der Waals surface area contributed by atoms with Crippen molar-refractivity contribution in [3.63, 3.8) is 0 Å². The van der Waals surface area contributed by atoms with Crippen molar-refractivity contribution in [3.05, 3.63) is 135 Å². The summed E-state index contributed by atoms with van der Waals surface area (Å²) < 4.78 is 5.53. The van der Waals surface area contributed by atoms with Crippen LogP contribution in [0.15, 0.2) is 108 Å². The smallest absolute Gasteiger partial charge is 0.234 e. The van der Waals surface area contributed by atoms with Gasteiger partial charge in [0.2, 0.25) is 11.8 Å². The van der Waals surface area contributed by atoms with Crippen LogP contribution in [0.5, 0.6) is 11.5 Å². The fraction of sp³-hybridized carbons (Fsp3) is 0.250. The van der Waals surface area contributed by atoms with Gasteiger partial charge in [0.1, 0.15) is 0 Å². The highest BCUT2D eigenvalue weighted by Crippen LogP contribution is 2.64. The summed E-state index contributed by atoms with van der Waals surface area (Å²) >= 11 is 8.12. The van der Waals surface area contributed by atoms with Gasteiger partial charge < -0.3 is 9.84 Å². The predicted molar refractivity (Wildman–Crippen MR) is 186 cm³/mol. The van der Waals surface area contributed by atoms with E-state index >= 15 is 9.59 Å². The van der Waals surface area contributed by atoms with E-state index in [2.05, 4.69) is 0 Å². The Morgan fingerprint density at radius 1 is 0.939 bits per heavy atom. The molecule has 3 aromatic carbocycles. The molecule has 8 rings (SSSR count). The summed E-state index contributed by atoms with van der Waals surface area (Å²) in [4.78, 5) is 60.6. The molecule has 1 saturated carbocycles. The molecule has 6 atom stereocenters. The minimum atomic E-state index is -1.40. The number of halogens is 1. The molecule has 1 aliphatic heterocycles. The van der Waals surface area contributed by atoms with Crippen LogP contribution in [0, 0.1) is 23.7 Å². The van der Waals surface area contributed by atoms with Crippen LogP contribution in [0.2, 0.25) is 5.02 Å². The number of hydrogen-bond donors (Lipinski definition) is 1. The van der Waals surface area contributed by atoms with E-state index in [1.165, 1.54) is 29.4 Å². The number of rotatable bonds is 6. The van der Waals surface area contributed by atoms with Crippen molar-refractivity contribution in [3.8, 4) is 11.5 Å². The number of amides is 2. The van der Waals surface area contributed by atoms with Crippen LogP contribution in [0.1, 0.15) is 40.3 Å². The van der Waals surface area contributed by atoms with E-state index in [0.717, 1.165) is 10.5 Å². The lowest BCUT2D eigenvalue weighted by molar-refractivity contribution is -0.141. The number of hydrogen-bond acceptors (Lipinski definition) is 7. The van der Waals surface area contributed by atoms with Crippen molar-refractivity contribution in [2.75, 3.05) is 7.11 Å². The van der Waals surface area contributed by atoms with E-state index in [0.29, 0.717) is 28.7 Å². The lowest BCUT2D eigenvalue weighted by atomic mass is 9.44. The van der Waals surface area contributed by atoms with Crippen LogP contribution in [0.25, 0.3) is 5.57 Å². The molecule has 0 spiro atoms. The number of phenols is 1. The monoisotopic (exact) mass is 689 g/mol. The predicted octanol–water partition coefficient (Wildman–Crippen LogP) is 7.14. The maximum Gasteiger partial charge on any atom is 0.234 e. The molecule has 2 amide bonds. The number of carbonyl (C=O) groups excluding carboxylic acids is 4. The number of phenolic OH excluding ortho intramolecular Hbond substituents is 1. The lowest BCUT2D eigenvalue weighted by Gasteiger charge is -2.55. The minimum absolute atomic E-state index is 0.0369. The summed E-state index contributed by atoms with van der Waals surface area (Å²) in [6.07, 6.45) is 4.03. The van der Waals surface area contributed by atoms with Gasteiger partial charge in [-0.15, -0.1) is 11.3 Å². The third kappa shape index (κ3) is 4.68. The van der Waals surface area contributed by atoms with Crippen LogP contribution in [-0.4, -0.2) is 40.5 Å².